The highest BCUT2D eigenvalue weighted by Gasteiger charge is 2.38. The molecule has 116 valence electrons. The van der Waals surface area contributed by atoms with E-state index in [9.17, 15) is 9.59 Å². The predicted molar refractivity (Wildman–Crippen MR) is 76.6 cm³/mol. The number of carbonyl (C=O) groups is 2. The molecular weight excluding hydrogens is 282 g/mol. The number of ether oxygens (including phenoxy) is 3. The molecule has 1 amide bonds. The number of hydrogen-bond donors (Lipinski definition) is 0. The van der Waals surface area contributed by atoms with Crippen LogP contribution < -0.4 is 0 Å². The van der Waals surface area contributed by atoms with Gasteiger partial charge in [-0.3, -0.25) is 4.90 Å². The zero-order valence-corrected chi connectivity index (χ0v) is 13.3. The highest BCUT2D eigenvalue weighted by molar-refractivity contribution is 7.99. The molecule has 0 bridgehead atoms. The Bertz CT molecular complexity index is 342. The maximum absolute atomic E-state index is 12.0. The number of thioether (sulfide) groups is 1. The zero-order chi connectivity index (χ0) is 15.2. The third-order valence-corrected chi connectivity index (χ3v) is 3.53. The summed E-state index contributed by atoms with van der Waals surface area (Å²) in [5.41, 5.74) is -0.572. The van der Waals surface area contributed by atoms with Crippen LogP contribution in [0.1, 0.15) is 27.2 Å². The van der Waals surface area contributed by atoms with Crippen LogP contribution >= 0.6 is 11.8 Å². The van der Waals surface area contributed by atoms with Crippen LogP contribution in [0.15, 0.2) is 0 Å². The standard InChI is InChI=1S/C13H23NO5S/c1-13(2,3)19-12(16)14-9-20-8-10(14)11(15)18-7-5-6-17-4/h10H,5-9H2,1-4H3. The molecule has 0 saturated carbocycles. The summed E-state index contributed by atoms with van der Waals surface area (Å²) in [5.74, 6) is 0.617. The molecule has 1 aliphatic rings. The SMILES string of the molecule is COCCCOC(=O)C1CSCN1C(=O)OC(C)(C)C. The maximum Gasteiger partial charge on any atom is 0.411 e. The van der Waals surface area contributed by atoms with E-state index in [1.54, 1.807) is 27.9 Å². The van der Waals surface area contributed by atoms with Gasteiger partial charge in [0.25, 0.3) is 0 Å². The summed E-state index contributed by atoms with van der Waals surface area (Å²) in [7, 11) is 1.60. The molecule has 0 aliphatic carbocycles. The summed E-state index contributed by atoms with van der Waals surface area (Å²) >= 11 is 1.52. The quantitative estimate of drug-likeness (QED) is 0.571. The lowest BCUT2D eigenvalue weighted by Gasteiger charge is -2.27. The zero-order valence-electron chi connectivity index (χ0n) is 12.5. The van der Waals surface area contributed by atoms with E-state index in [1.807, 2.05) is 0 Å². The second-order valence-corrected chi connectivity index (χ2v) is 6.48. The van der Waals surface area contributed by atoms with Crippen molar-refractivity contribution in [2.24, 2.45) is 0 Å². The summed E-state index contributed by atoms with van der Waals surface area (Å²) in [6.07, 6.45) is 0.176. The molecule has 0 aromatic rings. The van der Waals surface area contributed by atoms with Gasteiger partial charge in [0.2, 0.25) is 0 Å². The molecule has 1 rings (SSSR count). The Balaban J connectivity index is 2.47. The van der Waals surface area contributed by atoms with Crippen molar-refractivity contribution in [3.8, 4) is 0 Å². The van der Waals surface area contributed by atoms with Gasteiger partial charge in [-0.15, -0.1) is 11.8 Å². The van der Waals surface area contributed by atoms with Crippen molar-refractivity contribution < 1.29 is 23.8 Å². The summed E-state index contributed by atoms with van der Waals surface area (Å²) in [6, 6.07) is -0.558. The monoisotopic (exact) mass is 305 g/mol. The van der Waals surface area contributed by atoms with Crippen molar-refractivity contribution in [1.82, 2.24) is 4.90 Å². The van der Waals surface area contributed by atoms with Crippen molar-refractivity contribution in [3.63, 3.8) is 0 Å². The Labute approximate surface area is 124 Å². The molecule has 1 aliphatic heterocycles. The molecule has 1 atom stereocenters. The average Bonchev–Trinajstić information content (AvgIpc) is 2.81. The van der Waals surface area contributed by atoms with Crippen molar-refractivity contribution in [2.45, 2.75) is 38.8 Å². The van der Waals surface area contributed by atoms with E-state index in [2.05, 4.69) is 0 Å². The summed E-state index contributed by atoms with van der Waals surface area (Å²) < 4.78 is 15.3. The Hall–Kier alpha value is -0.950. The van der Waals surface area contributed by atoms with Gasteiger partial charge in [-0.05, 0) is 20.8 Å². The third-order valence-electron chi connectivity index (χ3n) is 2.52. The number of methoxy groups -OCH3 is 1. The van der Waals surface area contributed by atoms with E-state index in [-0.39, 0.29) is 5.97 Å². The first kappa shape index (κ1) is 17.1. The smallest absolute Gasteiger partial charge is 0.411 e. The Kier molecular flexibility index (Phi) is 6.61. The largest absolute Gasteiger partial charge is 0.464 e. The van der Waals surface area contributed by atoms with Gasteiger partial charge in [-0.1, -0.05) is 0 Å². The summed E-state index contributed by atoms with van der Waals surface area (Å²) in [5, 5.41) is 0. The van der Waals surface area contributed by atoms with Gasteiger partial charge >= 0.3 is 12.1 Å². The molecule has 6 nitrogen and oxygen atoms in total. The number of esters is 1. The highest BCUT2D eigenvalue weighted by atomic mass is 32.2. The molecule has 0 aromatic heterocycles. The average molecular weight is 305 g/mol. The van der Waals surface area contributed by atoms with Gasteiger partial charge in [0.15, 0.2) is 0 Å². The Morgan fingerprint density at radius 2 is 2.00 bits per heavy atom. The van der Waals surface area contributed by atoms with E-state index in [0.29, 0.717) is 31.3 Å². The lowest BCUT2D eigenvalue weighted by atomic mass is 10.2. The molecule has 1 unspecified atom stereocenters. The molecule has 0 N–H and O–H groups in total. The Morgan fingerprint density at radius 3 is 2.60 bits per heavy atom. The fourth-order valence-corrected chi connectivity index (χ4v) is 2.74. The molecule has 0 spiro atoms. The lowest BCUT2D eigenvalue weighted by Crippen LogP contribution is -2.45. The fourth-order valence-electron chi connectivity index (χ4n) is 1.61. The number of hydrogen-bond acceptors (Lipinski definition) is 6. The number of carbonyl (C=O) groups excluding carboxylic acids is 2. The van der Waals surface area contributed by atoms with E-state index in [0.717, 1.165) is 0 Å². The normalized spacial score (nSPS) is 19.0. The Morgan fingerprint density at radius 1 is 1.30 bits per heavy atom. The highest BCUT2D eigenvalue weighted by Crippen LogP contribution is 2.24. The van der Waals surface area contributed by atoms with Gasteiger partial charge in [0.1, 0.15) is 11.6 Å². The predicted octanol–water partition coefficient (Wildman–Crippen LogP) is 1.88. The number of amides is 1. The van der Waals surface area contributed by atoms with Gasteiger partial charge in [-0.25, -0.2) is 9.59 Å². The third kappa shape index (κ3) is 5.58. The minimum atomic E-state index is -0.572. The van der Waals surface area contributed by atoms with Gasteiger partial charge in [0, 0.05) is 25.9 Å². The maximum atomic E-state index is 12.0. The molecule has 1 saturated heterocycles. The van der Waals surface area contributed by atoms with Crippen LogP contribution in [0.25, 0.3) is 0 Å². The van der Waals surface area contributed by atoms with Crippen molar-refractivity contribution in [1.29, 1.82) is 0 Å². The van der Waals surface area contributed by atoms with Crippen LogP contribution in [0.5, 0.6) is 0 Å². The fraction of sp³-hybridized carbons (Fsp3) is 0.846. The summed E-state index contributed by atoms with van der Waals surface area (Å²) in [4.78, 5) is 25.4. The molecule has 0 aromatic carbocycles. The van der Waals surface area contributed by atoms with Crippen LogP contribution in [0.2, 0.25) is 0 Å². The van der Waals surface area contributed by atoms with E-state index < -0.39 is 17.7 Å². The molecule has 1 fully saturated rings. The van der Waals surface area contributed by atoms with Crippen LogP contribution in [0, 0.1) is 0 Å². The second kappa shape index (κ2) is 7.73. The first-order chi connectivity index (χ1) is 9.35. The molecule has 1 heterocycles. The first-order valence-electron chi connectivity index (χ1n) is 6.58. The van der Waals surface area contributed by atoms with Crippen LogP contribution in [-0.2, 0) is 19.0 Å². The minimum absolute atomic E-state index is 0.302. The number of nitrogens with zero attached hydrogens (tertiary/aromatic N) is 1. The first-order valence-corrected chi connectivity index (χ1v) is 7.73. The van der Waals surface area contributed by atoms with E-state index >= 15 is 0 Å². The summed E-state index contributed by atoms with van der Waals surface area (Å²) in [6.45, 7) is 6.24. The molecule has 7 heteroatoms. The minimum Gasteiger partial charge on any atom is -0.464 e. The van der Waals surface area contributed by atoms with Crippen LogP contribution in [0.4, 0.5) is 4.79 Å². The van der Waals surface area contributed by atoms with Crippen LogP contribution in [-0.4, -0.2) is 60.6 Å². The molecule has 0 radical (unpaired) electrons. The van der Waals surface area contributed by atoms with Crippen molar-refractivity contribution >= 4 is 23.8 Å². The van der Waals surface area contributed by atoms with Crippen molar-refractivity contribution in [2.75, 3.05) is 32.0 Å². The van der Waals surface area contributed by atoms with E-state index in [1.165, 1.54) is 16.7 Å². The lowest BCUT2D eigenvalue weighted by molar-refractivity contribution is -0.148. The second-order valence-electron chi connectivity index (χ2n) is 5.48. The van der Waals surface area contributed by atoms with Gasteiger partial charge < -0.3 is 14.2 Å². The van der Waals surface area contributed by atoms with Crippen molar-refractivity contribution in [3.05, 3.63) is 0 Å². The molecule has 20 heavy (non-hydrogen) atoms. The van der Waals surface area contributed by atoms with Gasteiger partial charge in [-0.2, -0.15) is 0 Å². The molecular formula is C13H23NO5S. The van der Waals surface area contributed by atoms with Crippen LogP contribution in [0.3, 0.4) is 0 Å². The number of rotatable bonds is 5. The topological polar surface area (TPSA) is 65.1 Å². The van der Waals surface area contributed by atoms with E-state index in [4.69, 9.17) is 14.2 Å². The van der Waals surface area contributed by atoms with Gasteiger partial charge in [0.05, 0.1) is 12.5 Å².